The number of ether oxygens (including phenoxy) is 1. The Morgan fingerprint density at radius 1 is 1.32 bits per heavy atom. The first-order valence-electron chi connectivity index (χ1n) is 7.11. The van der Waals surface area contributed by atoms with E-state index in [0.29, 0.717) is 12.2 Å². The van der Waals surface area contributed by atoms with E-state index in [1.54, 1.807) is 0 Å². The molecule has 0 saturated carbocycles. The van der Waals surface area contributed by atoms with Crippen molar-refractivity contribution in [2.45, 2.75) is 19.9 Å². The third kappa shape index (κ3) is 2.25. The van der Waals surface area contributed by atoms with Gasteiger partial charge >= 0.3 is 5.97 Å². The normalized spacial score (nSPS) is 18.6. The number of carbonyl (C=O) groups is 2. The number of hydrogen-bond donors (Lipinski definition) is 1. The molecule has 0 spiro atoms. The van der Waals surface area contributed by atoms with E-state index >= 15 is 0 Å². The number of rotatable bonds is 2. The summed E-state index contributed by atoms with van der Waals surface area (Å²) in [5, 5.41) is 10.1. The summed E-state index contributed by atoms with van der Waals surface area (Å²) in [5.41, 5.74) is 2.35. The van der Waals surface area contributed by atoms with Gasteiger partial charge in [0.1, 0.15) is 5.58 Å². The van der Waals surface area contributed by atoms with Crippen molar-refractivity contribution >= 4 is 22.8 Å². The van der Waals surface area contributed by atoms with Crippen LogP contribution in [0.5, 0.6) is 0 Å². The number of benzene rings is 1. The molecule has 1 atom stereocenters. The Hall–Kier alpha value is -2.34. The van der Waals surface area contributed by atoms with Crippen LogP contribution >= 0.6 is 0 Å². The highest BCUT2D eigenvalue weighted by molar-refractivity contribution is 6.01. The molecule has 1 unspecified atom stereocenters. The third-order valence-electron chi connectivity index (χ3n) is 4.03. The van der Waals surface area contributed by atoms with Crippen molar-refractivity contribution in [1.29, 1.82) is 0 Å². The molecule has 22 heavy (non-hydrogen) atoms. The zero-order chi connectivity index (χ0) is 15.9. The van der Waals surface area contributed by atoms with Crippen LogP contribution in [-0.2, 0) is 9.53 Å². The van der Waals surface area contributed by atoms with E-state index in [9.17, 15) is 14.7 Å². The minimum Gasteiger partial charge on any atom is -0.480 e. The number of carboxylic acids is 1. The van der Waals surface area contributed by atoms with Crippen LogP contribution in [0.4, 0.5) is 0 Å². The molecule has 1 aromatic carbocycles. The van der Waals surface area contributed by atoms with Crippen LogP contribution in [0.1, 0.15) is 21.7 Å². The Labute approximate surface area is 127 Å². The fourth-order valence-corrected chi connectivity index (χ4v) is 2.77. The Balaban J connectivity index is 2.03. The number of furan rings is 1. The van der Waals surface area contributed by atoms with Gasteiger partial charge in [0.15, 0.2) is 11.8 Å². The number of nitrogens with zero attached hydrogens (tertiary/aromatic N) is 1. The van der Waals surface area contributed by atoms with Crippen LogP contribution in [0.25, 0.3) is 11.0 Å². The van der Waals surface area contributed by atoms with E-state index in [1.807, 2.05) is 32.0 Å². The van der Waals surface area contributed by atoms with Crippen LogP contribution in [0.15, 0.2) is 22.6 Å². The van der Waals surface area contributed by atoms with Crippen molar-refractivity contribution in [1.82, 2.24) is 4.90 Å². The number of carboxylic acid groups (broad SMARTS) is 1. The Morgan fingerprint density at radius 2 is 2.09 bits per heavy atom. The molecule has 0 aliphatic carbocycles. The maximum absolute atomic E-state index is 12.7. The summed E-state index contributed by atoms with van der Waals surface area (Å²) in [6, 6.07) is 4.73. The van der Waals surface area contributed by atoms with Crippen molar-refractivity contribution in [3.8, 4) is 0 Å². The molecule has 1 saturated heterocycles. The van der Waals surface area contributed by atoms with Gasteiger partial charge in [0.2, 0.25) is 0 Å². The molecule has 1 aliphatic heterocycles. The smallest absolute Gasteiger partial charge is 0.328 e. The topological polar surface area (TPSA) is 80.0 Å². The van der Waals surface area contributed by atoms with Gasteiger partial charge < -0.3 is 19.2 Å². The standard InChI is InChI=1S/C16H17NO5/c1-9-4-3-5-11-10(2)14(22-13(9)11)15(18)17-6-7-21-8-12(17)16(19)20/h3-5,12H,6-8H2,1-2H3,(H,19,20). The van der Waals surface area contributed by atoms with Gasteiger partial charge in [-0.1, -0.05) is 18.2 Å². The number of amides is 1. The molecule has 116 valence electrons. The van der Waals surface area contributed by atoms with Crippen LogP contribution in [0.2, 0.25) is 0 Å². The molecule has 0 bridgehead atoms. The SMILES string of the molecule is Cc1c(C(=O)N2CCOCC2C(=O)O)oc2c(C)cccc12. The lowest BCUT2D eigenvalue weighted by Crippen LogP contribution is -2.52. The quantitative estimate of drug-likeness (QED) is 0.917. The number of carbonyl (C=O) groups excluding carboxylic acids is 1. The summed E-state index contributed by atoms with van der Waals surface area (Å²) < 4.78 is 10.9. The summed E-state index contributed by atoms with van der Waals surface area (Å²) in [6.45, 7) is 4.29. The highest BCUT2D eigenvalue weighted by Gasteiger charge is 2.35. The van der Waals surface area contributed by atoms with E-state index < -0.39 is 17.9 Å². The van der Waals surface area contributed by atoms with Gasteiger partial charge in [0.25, 0.3) is 5.91 Å². The lowest BCUT2D eigenvalue weighted by atomic mass is 10.1. The van der Waals surface area contributed by atoms with Gasteiger partial charge in [0, 0.05) is 17.5 Å². The summed E-state index contributed by atoms with van der Waals surface area (Å²) in [4.78, 5) is 25.3. The third-order valence-corrected chi connectivity index (χ3v) is 4.03. The highest BCUT2D eigenvalue weighted by atomic mass is 16.5. The summed E-state index contributed by atoms with van der Waals surface area (Å²) >= 11 is 0. The largest absolute Gasteiger partial charge is 0.480 e. The van der Waals surface area contributed by atoms with Gasteiger partial charge in [-0.3, -0.25) is 4.79 Å². The lowest BCUT2D eigenvalue weighted by Gasteiger charge is -2.32. The average Bonchev–Trinajstić information content (AvgIpc) is 2.85. The zero-order valence-electron chi connectivity index (χ0n) is 12.5. The fraction of sp³-hybridized carbons (Fsp3) is 0.375. The van der Waals surface area contributed by atoms with E-state index in [0.717, 1.165) is 16.5 Å². The lowest BCUT2D eigenvalue weighted by molar-refractivity contribution is -0.147. The van der Waals surface area contributed by atoms with Gasteiger partial charge in [-0.15, -0.1) is 0 Å². The Kier molecular flexibility index (Phi) is 3.62. The molecule has 1 aromatic heterocycles. The molecule has 2 heterocycles. The molecule has 6 nitrogen and oxygen atoms in total. The minimum absolute atomic E-state index is 0.000618. The number of fused-ring (bicyclic) bond motifs is 1. The second-order valence-corrected chi connectivity index (χ2v) is 5.44. The Bertz CT molecular complexity index is 748. The maximum Gasteiger partial charge on any atom is 0.328 e. The molecule has 3 rings (SSSR count). The van der Waals surface area contributed by atoms with Gasteiger partial charge in [-0.05, 0) is 19.4 Å². The van der Waals surface area contributed by atoms with Crippen molar-refractivity contribution in [2.75, 3.05) is 19.8 Å². The zero-order valence-corrected chi connectivity index (χ0v) is 12.5. The fourth-order valence-electron chi connectivity index (χ4n) is 2.77. The molecule has 1 aliphatic rings. The predicted molar refractivity (Wildman–Crippen MR) is 79.0 cm³/mol. The molecular formula is C16H17NO5. The molecule has 1 N–H and O–H groups in total. The molecule has 2 aromatic rings. The monoisotopic (exact) mass is 303 g/mol. The molecule has 1 amide bonds. The van der Waals surface area contributed by atoms with Crippen LogP contribution in [0, 0.1) is 13.8 Å². The van der Waals surface area contributed by atoms with E-state index in [-0.39, 0.29) is 18.9 Å². The number of aliphatic carboxylic acids is 1. The first-order chi connectivity index (χ1) is 10.5. The number of hydrogen-bond acceptors (Lipinski definition) is 4. The highest BCUT2D eigenvalue weighted by Crippen LogP contribution is 2.29. The van der Waals surface area contributed by atoms with Gasteiger partial charge in [-0.2, -0.15) is 0 Å². The first kappa shape index (κ1) is 14.6. The van der Waals surface area contributed by atoms with Crippen molar-refractivity contribution in [3.63, 3.8) is 0 Å². The van der Waals surface area contributed by atoms with Crippen LogP contribution in [0.3, 0.4) is 0 Å². The molecule has 0 radical (unpaired) electrons. The van der Waals surface area contributed by atoms with E-state index in [1.165, 1.54) is 4.90 Å². The average molecular weight is 303 g/mol. The van der Waals surface area contributed by atoms with Crippen LogP contribution < -0.4 is 0 Å². The second kappa shape index (κ2) is 5.46. The molecule has 1 fully saturated rings. The van der Waals surface area contributed by atoms with E-state index in [4.69, 9.17) is 9.15 Å². The summed E-state index contributed by atoms with van der Waals surface area (Å²) in [6.07, 6.45) is 0. The predicted octanol–water partition coefficient (Wildman–Crippen LogP) is 1.98. The first-order valence-corrected chi connectivity index (χ1v) is 7.11. The maximum atomic E-state index is 12.7. The minimum atomic E-state index is -1.07. The van der Waals surface area contributed by atoms with Crippen molar-refractivity contribution < 1.29 is 23.8 Å². The Morgan fingerprint density at radius 3 is 2.77 bits per heavy atom. The second-order valence-electron chi connectivity index (χ2n) is 5.44. The molecule has 6 heteroatoms. The number of aryl methyl sites for hydroxylation is 2. The summed E-state index contributed by atoms with van der Waals surface area (Å²) in [7, 11) is 0. The summed E-state index contributed by atoms with van der Waals surface area (Å²) in [5.74, 6) is -1.26. The number of para-hydroxylation sites is 1. The van der Waals surface area contributed by atoms with Gasteiger partial charge in [0.05, 0.1) is 13.2 Å². The molecular weight excluding hydrogens is 286 g/mol. The van der Waals surface area contributed by atoms with Crippen molar-refractivity contribution in [3.05, 3.63) is 35.1 Å². The number of morpholine rings is 1. The van der Waals surface area contributed by atoms with Crippen molar-refractivity contribution in [2.24, 2.45) is 0 Å². The van der Waals surface area contributed by atoms with E-state index in [2.05, 4.69) is 0 Å². The van der Waals surface area contributed by atoms with Gasteiger partial charge in [-0.25, -0.2) is 4.79 Å². The van der Waals surface area contributed by atoms with Crippen LogP contribution in [-0.4, -0.2) is 47.7 Å².